The summed E-state index contributed by atoms with van der Waals surface area (Å²) in [5, 5.41) is 0.820. The molecule has 0 fully saturated rings. The Morgan fingerprint density at radius 3 is 2.95 bits per heavy atom. The van der Waals surface area contributed by atoms with Gasteiger partial charge in [-0.05, 0) is 24.6 Å². The van der Waals surface area contributed by atoms with Crippen LogP contribution in [0.3, 0.4) is 0 Å². The van der Waals surface area contributed by atoms with Crippen molar-refractivity contribution in [2.24, 2.45) is 0 Å². The summed E-state index contributed by atoms with van der Waals surface area (Å²) in [6.07, 6.45) is 3.96. The molecule has 0 bridgehead atoms. The van der Waals surface area contributed by atoms with Gasteiger partial charge in [0, 0.05) is 10.5 Å². The Balaban J connectivity index is 1.99. The fourth-order valence-corrected chi connectivity index (χ4v) is 2.72. The molecular formula is C13H10N4OS. The number of benzene rings is 1. The maximum absolute atomic E-state index is 10.8. The number of carbonyl (C=O) groups is 1. The van der Waals surface area contributed by atoms with Crippen molar-refractivity contribution in [3.8, 4) is 0 Å². The minimum absolute atomic E-state index is 0.652. The van der Waals surface area contributed by atoms with Gasteiger partial charge in [0.1, 0.15) is 23.2 Å². The molecule has 94 valence electrons. The minimum Gasteiger partial charge on any atom is -0.341 e. The Bertz CT molecular complexity index is 753. The predicted molar refractivity (Wildman–Crippen MR) is 72.4 cm³/mol. The highest BCUT2D eigenvalue weighted by molar-refractivity contribution is 7.99. The van der Waals surface area contributed by atoms with Crippen LogP contribution in [-0.2, 0) is 0 Å². The molecule has 2 heterocycles. The fourth-order valence-electron chi connectivity index (χ4n) is 1.78. The first-order valence-electron chi connectivity index (χ1n) is 5.65. The maximum Gasteiger partial charge on any atom is 0.181 e. The van der Waals surface area contributed by atoms with E-state index in [2.05, 4.69) is 19.9 Å². The smallest absolute Gasteiger partial charge is 0.181 e. The van der Waals surface area contributed by atoms with E-state index in [0.717, 1.165) is 27.3 Å². The third-order valence-electron chi connectivity index (χ3n) is 2.77. The van der Waals surface area contributed by atoms with Crippen molar-refractivity contribution in [1.29, 1.82) is 0 Å². The molecule has 19 heavy (non-hydrogen) atoms. The number of carbonyl (C=O) groups excluding carboxylic acids is 1. The van der Waals surface area contributed by atoms with E-state index in [-0.39, 0.29) is 0 Å². The quantitative estimate of drug-likeness (QED) is 0.585. The zero-order valence-electron chi connectivity index (χ0n) is 10.1. The van der Waals surface area contributed by atoms with Gasteiger partial charge >= 0.3 is 0 Å². The van der Waals surface area contributed by atoms with E-state index in [9.17, 15) is 4.79 Å². The Morgan fingerprint density at radius 2 is 2.16 bits per heavy atom. The van der Waals surface area contributed by atoms with Crippen molar-refractivity contribution in [2.75, 3.05) is 0 Å². The van der Waals surface area contributed by atoms with E-state index in [0.29, 0.717) is 11.2 Å². The van der Waals surface area contributed by atoms with Gasteiger partial charge in [-0.2, -0.15) is 0 Å². The standard InChI is InChI=1S/C13H10N4OS/c1-8-4-10(3-2-9(8)5-18)19-13-11-12(15-6-14-11)16-7-17-13/h2-7H,1H3,(H,14,15,16,17). The second-order valence-electron chi connectivity index (χ2n) is 4.02. The molecule has 3 rings (SSSR count). The number of nitrogens with one attached hydrogen (secondary N) is 1. The van der Waals surface area contributed by atoms with Gasteiger partial charge in [-0.3, -0.25) is 4.79 Å². The lowest BCUT2D eigenvalue weighted by molar-refractivity contribution is 0.112. The Labute approximate surface area is 113 Å². The van der Waals surface area contributed by atoms with Gasteiger partial charge in [-0.1, -0.05) is 17.8 Å². The first-order chi connectivity index (χ1) is 9.28. The van der Waals surface area contributed by atoms with Crippen molar-refractivity contribution in [3.63, 3.8) is 0 Å². The number of hydrogen-bond acceptors (Lipinski definition) is 5. The molecule has 5 nitrogen and oxygen atoms in total. The lowest BCUT2D eigenvalue weighted by Crippen LogP contribution is -1.88. The number of aldehydes is 1. The third kappa shape index (κ3) is 2.22. The van der Waals surface area contributed by atoms with Crippen LogP contribution in [0.2, 0.25) is 0 Å². The van der Waals surface area contributed by atoms with E-state index in [1.807, 2.05) is 25.1 Å². The van der Waals surface area contributed by atoms with E-state index >= 15 is 0 Å². The zero-order valence-corrected chi connectivity index (χ0v) is 10.9. The number of fused-ring (bicyclic) bond motifs is 1. The highest BCUT2D eigenvalue weighted by atomic mass is 32.2. The zero-order chi connectivity index (χ0) is 13.2. The molecule has 0 saturated heterocycles. The molecule has 6 heteroatoms. The molecule has 0 aliphatic carbocycles. The first-order valence-corrected chi connectivity index (χ1v) is 6.47. The van der Waals surface area contributed by atoms with E-state index < -0.39 is 0 Å². The molecule has 0 unspecified atom stereocenters. The number of aromatic amines is 1. The highest BCUT2D eigenvalue weighted by Crippen LogP contribution is 2.30. The summed E-state index contributed by atoms with van der Waals surface area (Å²) in [6.45, 7) is 1.92. The predicted octanol–water partition coefficient (Wildman–Crippen LogP) is 2.63. The lowest BCUT2D eigenvalue weighted by Gasteiger charge is -2.04. The average Bonchev–Trinajstić information content (AvgIpc) is 2.88. The second-order valence-corrected chi connectivity index (χ2v) is 5.08. The molecule has 0 aliphatic rings. The highest BCUT2D eigenvalue weighted by Gasteiger charge is 2.08. The summed E-state index contributed by atoms with van der Waals surface area (Å²) in [4.78, 5) is 27.3. The number of rotatable bonds is 3. The molecule has 1 aromatic carbocycles. The van der Waals surface area contributed by atoms with Crippen LogP contribution >= 0.6 is 11.8 Å². The van der Waals surface area contributed by atoms with Gasteiger partial charge in [-0.25, -0.2) is 15.0 Å². The SMILES string of the molecule is Cc1cc(Sc2ncnc3nc[nH]c23)ccc1C=O. The van der Waals surface area contributed by atoms with Gasteiger partial charge in [0.25, 0.3) is 0 Å². The Morgan fingerprint density at radius 1 is 1.26 bits per heavy atom. The first kappa shape index (κ1) is 11.9. The molecule has 0 amide bonds. The number of aromatic nitrogens is 4. The van der Waals surface area contributed by atoms with Crippen LogP contribution in [0, 0.1) is 6.92 Å². The summed E-state index contributed by atoms with van der Waals surface area (Å²) in [6, 6.07) is 5.69. The summed E-state index contributed by atoms with van der Waals surface area (Å²) >= 11 is 1.52. The summed E-state index contributed by atoms with van der Waals surface area (Å²) < 4.78 is 0. The number of nitrogens with zero attached hydrogens (tertiary/aromatic N) is 3. The number of hydrogen-bond donors (Lipinski definition) is 1. The summed E-state index contributed by atoms with van der Waals surface area (Å²) in [5.41, 5.74) is 3.14. The van der Waals surface area contributed by atoms with Crippen LogP contribution < -0.4 is 0 Å². The maximum atomic E-state index is 10.8. The fraction of sp³-hybridized carbons (Fsp3) is 0.0769. The number of imidazole rings is 1. The van der Waals surface area contributed by atoms with Crippen molar-refractivity contribution < 1.29 is 4.79 Å². The van der Waals surface area contributed by atoms with Gasteiger partial charge < -0.3 is 4.98 Å². The average molecular weight is 270 g/mol. The molecule has 0 aliphatic heterocycles. The molecule has 3 aromatic rings. The summed E-state index contributed by atoms with van der Waals surface area (Å²) in [7, 11) is 0. The molecule has 0 saturated carbocycles. The monoisotopic (exact) mass is 270 g/mol. The van der Waals surface area contributed by atoms with Crippen molar-refractivity contribution >= 4 is 29.2 Å². The Kier molecular flexibility index (Phi) is 3.00. The van der Waals surface area contributed by atoms with Gasteiger partial charge in [0.15, 0.2) is 5.65 Å². The Hall–Kier alpha value is -2.21. The van der Waals surface area contributed by atoms with Gasteiger partial charge in [-0.15, -0.1) is 0 Å². The number of H-pyrrole nitrogens is 1. The molecule has 0 radical (unpaired) electrons. The van der Waals surface area contributed by atoms with Crippen LogP contribution in [-0.4, -0.2) is 26.2 Å². The van der Waals surface area contributed by atoms with E-state index in [1.165, 1.54) is 18.1 Å². The molecule has 1 N–H and O–H groups in total. The second kappa shape index (κ2) is 4.81. The molecule has 0 atom stereocenters. The van der Waals surface area contributed by atoms with Gasteiger partial charge in [0.2, 0.25) is 0 Å². The van der Waals surface area contributed by atoms with Crippen LogP contribution in [0.5, 0.6) is 0 Å². The van der Waals surface area contributed by atoms with E-state index in [1.54, 1.807) is 6.33 Å². The van der Waals surface area contributed by atoms with E-state index in [4.69, 9.17) is 0 Å². The largest absolute Gasteiger partial charge is 0.341 e. The van der Waals surface area contributed by atoms with Crippen LogP contribution in [0.15, 0.2) is 40.8 Å². The topological polar surface area (TPSA) is 71.5 Å². The van der Waals surface area contributed by atoms with Crippen LogP contribution in [0.25, 0.3) is 11.2 Å². The van der Waals surface area contributed by atoms with Crippen molar-refractivity contribution in [2.45, 2.75) is 16.8 Å². The van der Waals surface area contributed by atoms with Crippen LogP contribution in [0.4, 0.5) is 0 Å². The number of aryl methyl sites for hydroxylation is 1. The molecule has 2 aromatic heterocycles. The molecular weight excluding hydrogens is 260 g/mol. The summed E-state index contributed by atoms with van der Waals surface area (Å²) in [5.74, 6) is 0. The minimum atomic E-state index is 0.652. The van der Waals surface area contributed by atoms with Crippen molar-refractivity contribution in [3.05, 3.63) is 42.0 Å². The third-order valence-corrected chi connectivity index (χ3v) is 3.76. The normalized spacial score (nSPS) is 10.8. The van der Waals surface area contributed by atoms with Crippen LogP contribution in [0.1, 0.15) is 15.9 Å². The lowest BCUT2D eigenvalue weighted by atomic mass is 10.1. The van der Waals surface area contributed by atoms with Gasteiger partial charge in [0.05, 0.1) is 6.33 Å². The molecule has 0 spiro atoms. The van der Waals surface area contributed by atoms with Crippen molar-refractivity contribution in [1.82, 2.24) is 19.9 Å².